The highest BCUT2D eigenvalue weighted by atomic mass is 127. The van der Waals surface area contributed by atoms with Crippen LogP contribution in [0.2, 0.25) is 0 Å². The normalized spacial score (nSPS) is 19.7. The molecule has 1 aliphatic heterocycles. The van der Waals surface area contributed by atoms with E-state index in [0.717, 1.165) is 58.2 Å². The van der Waals surface area contributed by atoms with E-state index in [-0.39, 0.29) is 24.0 Å². The molecular weight excluding hydrogens is 503 g/mol. The molecule has 1 aromatic rings. The average molecular weight is 547 g/mol. The highest BCUT2D eigenvalue weighted by molar-refractivity contribution is 14.0. The summed E-state index contributed by atoms with van der Waals surface area (Å²) in [5.41, 5.74) is 4.16. The second-order valence-corrected chi connectivity index (χ2v) is 8.93. The highest BCUT2D eigenvalue weighted by Gasteiger charge is 2.34. The van der Waals surface area contributed by atoms with E-state index in [1.165, 1.54) is 55.6 Å². The lowest BCUT2D eigenvalue weighted by molar-refractivity contribution is 0.00820. The van der Waals surface area contributed by atoms with Crippen LogP contribution >= 0.6 is 24.0 Å². The van der Waals surface area contributed by atoms with E-state index in [1.54, 1.807) is 0 Å². The van der Waals surface area contributed by atoms with Crippen molar-refractivity contribution in [3.63, 3.8) is 0 Å². The number of aryl methyl sites for hydroxylation is 2. The third kappa shape index (κ3) is 7.05. The quantitative estimate of drug-likeness (QED) is 0.298. The van der Waals surface area contributed by atoms with Gasteiger partial charge in [0.2, 0.25) is 0 Å². The number of guanidine groups is 1. The molecular formula is C23H43IN6O. The fourth-order valence-corrected chi connectivity index (χ4v) is 5.18. The summed E-state index contributed by atoms with van der Waals surface area (Å²) in [6, 6.07) is 0. The van der Waals surface area contributed by atoms with Gasteiger partial charge in [0.25, 0.3) is 0 Å². The summed E-state index contributed by atoms with van der Waals surface area (Å²) in [5.74, 6) is 0.898. The first-order chi connectivity index (χ1) is 14.6. The van der Waals surface area contributed by atoms with Crippen LogP contribution < -0.4 is 10.6 Å². The minimum atomic E-state index is 0. The fraction of sp³-hybridized carbons (Fsp3) is 0.826. The predicted octanol–water partition coefficient (Wildman–Crippen LogP) is 3.11. The Labute approximate surface area is 205 Å². The molecule has 0 spiro atoms. The first-order valence-corrected chi connectivity index (χ1v) is 11.9. The number of nitrogens with one attached hydrogen (secondary N) is 2. The van der Waals surface area contributed by atoms with Crippen LogP contribution in [-0.4, -0.2) is 67.1 Å². The number of aromatic nitrogens is 2. The number of hydrogen-bond acceptors (Lipinski definition) is 4. The van der Waals surface area contributed by atoms with Crippen LogP contribution in [0.3, 0.4) is 0 Å². The maximum atomic E-state index is 5.56. The molecule has 3 rings (SSSR count). The summed E-state index contributed by atoms with van der Waals surface area (Å²) >= 11 is 0. The minimum Gasteiger partial charge on any atom is -0.379 e. The standard InChI is InChI=1S/C23H42N6O.HI/c1-5-20-19(21(6-2)28(4)27-20)16-25-22(24-3)26-17-23(10-8-7-9-11-23)18-29-12-14-30-15-13-29;/h5-18H2,1-4H3,(H2,24,25,26);1H. The summed E-state index contributed by atoms with van der Waals surface area (Å²) in [6.45, 7) is 11.2. The van der Waals surface area contributed by atoms with Crippen molar-refractivity contribution in [2.75, 3.05) is 46.4 Å². The Morgan fingerprint density at radius 1 is 1.10 bits per heavy atom. The van der Waals surface area contributed by atoms with Crippen LogP contribution in [0, 0.1) is 5.41 Å². The number of hydrogen-bond donors (Lipinski definition) is 2. The molecule has 1 saturated heterocycles. The highest BCUT2D eigenvalue weighted by Crippen LogP contribution is 2.36. The fourth-order valence-electron chi connectivity index (χ4n) is 5.18. The van der Waals surface area contributed by atoms with E-state index in [9.17, 15) is 0 Å². The summed E-state index contributed by atoms with van der Waals surface area (Å²) in [6.07, 6.45) is 8.61. The van der Waals surface area contributed by atoms with Crippen LogP contribution in [0.1, 0.15) is 62.9 Å². The first kappa shape index (κ1) is 26.4. The van der Waals surface area contributed by atoms with Gasteiger partial charge in [-0.2, -0.15) is 5.10 Å². The van der Waals surface area contributed by atoms with Gasteiger partial charge in [0, 0.05) is 63.5 Å². The van der Waals surface area contributed by atoms with Gasteiger partial charge in [0.15, 0.2) is 5.96 Å². The lowest BCUT2D eigenvalue weighted by Crippen LogP contribution is -2.51. The molecule has 2 aliphatic rings. The Bertz CT molecular complexity index is 692. The molecule has 0 aromatic carbocycles. The lowest BCUT2D eigenvalue weighted by atomic mass is 9.73. The summed E-state index contributed by atoms with van der Waals surface area (Å²) in [4.78, 5) is 7.12. The Morgan fingerprint density at radius 2 is 1.81 bits per heavy atom. The maximum absolute atomic E-state index is 5.56. The van der Waals surface area contributed by atoms with Gasteiger partial charge < -0.3 is 15.4 Å². The topological polar surface area (TPSA) is 66.7 Å². The molecule has 0 radical (unpaired) electrons. The van der Waals surface area contributed by atoms with Gasteiger partial charge in [0.1, 0.15) is 0 Å². The zero-order chi connectivity index (χ0) is 21.4. The molecule has 0 atom stereocenters. The second-order valence-electron chi connectivity index (χ2n) is 8.93. The molecule has 31 heavy (non-hydrogen) atoms. The molecule has 178 valence electrons. The predicted molar refractivity (Wildman–Crippen MR) is 138 cm³/mol. The average Bonchev–Trinajstić information content (AvgIpc) is 3.09. The van der Waals surface area contributed by atoms with Gasteiger partial charge >= 0.3 is 0 Å². The zero-order valence-corrected chi connectivity index (χ0v) is 22.3. The number of rotatable bonds is 8. The molecule has 2 fully saturated rings. The van der Waals surface area contributed by atoms with Crippen molar-refractivity contribution in [3.8, 4) is 0 Å². The third-order valence-corrected chi connectivity index (χ3v) is 6.89. The number of ether oxygens (including phenoxy) is 1. The van der Waals surface area contributed by atoms with Gasteiger partial charge in [-0.05, 0) is 25.7 Å². The van der Waals surface area contributed by atoms with E-state index in [4.69, 9.17) is 9.84 Å². The molecule has 0 amide bonds. The molecule has 1 aromatic heterocycles. The Morgan fingerprint density at radius 3 is 2.42 bits per heavy atom. The number of aliphatic imine (C=N–C) groups is 1. The SMILES string of the molecule is CCc1nn(C)c(CC)c1CNC(=NC)NCC1(CN2CCOCC2)CCCCC1.I. The van der Waals surface area contributed by atoms with Crippen LogP contribution in [-0.2, 0) is 31.2 Å². The van der Waals surface area contributed by atoms with E-state index in [1.807, 2.05) is 18.8 Å². The second kappa shape index (κ2) is 13.0. The maximum Gasteiger partial charge on any atom is 0.191 e. The summed E-state index contributed by atoms with van der Waals surface area (Å²) < 4.78 is 7.59. The van der Waals surface area contributed by atoms with Crippen LogP contribution in [0.15, 0.2) is 4.99 Å². The summed E-state index contributed by atoms with van der Waals surface area (Å²) in [5, 5.41) is 11.9. The van der Waals surface area contributed by atoms with Gasteiger partial charge in [-0.1, -0.05) is 33.1 Å². The van der Waals surface area contributed by atoms with Crippen molar-refractivity contribution in [2.24, 2.45) is 17.5 Å². The molecule has 2 N–H and O–H groups in total. The zero-order valence-electron chi connectivity index (χ0n) is 20.0. The van der Waals surface area contributed by atoms with Crippen molar-refractivity contribution < 1.29 is 4.74 Å². The van der Waals surface area contributed by atoms with Crippen molar-refractivity contribution >= 4 is 29.9 Å². The molecule has 0 unspecified atom stereocenters. The van der Waals surface area contributed by atoms with Crippen molar-refractivity contribution in [3.05, 3.63) is 17.0 Å². The van der Waals surface area contributed by atoms with E-state index in [0.29, 0.717) is 5.41 Å². The van der Waals surface area contributed by atoms with Gasteiger partial charge in [-0.25, -0.2) is 0 Å². The van der Waals surface area contributed by atoms with Crippen LogP contribution in [0.25, 0.3) is 0 Å². The molecule has 2 heterocycles. The van der Waals surface area contributed by atoms with Crippen LogP contribution in [0.5, 0.6) is 0 Å². The molecule has 0 bridgehead atoms. The van der Waals surface area contributed by atoms with Crippen molar-refractivity contribution in [1.29, 1.82) is 0 Å². The first-order valence-electron chi connectivity index (χ1n) is 11.9. The Kier molecular flexibility index (Phi) is 11.1. The third-order valence-electron chi connectivity index (χ3n) is 6.89. The largest absolute Gasteiger partial charge is 0.379 e. The van der Waals surface area contributed by atoms with E-state index >= 15 is 0 Å². The molecule has 1 aliphatic carbocycles. The Hall–Kier alpha value is -0.870. The smallest absolute Gasteiger partial charge is 0.191 e. The lowest BCUT2D eigenvalue weighted by Gasteiger charge is -2.42. The van der Waals surface area contributed by atoms with Gasteiger partial charge in [-0.15, -0.1) is 24.0 Å². The van der Waals surface area contributed by atoms with E-state index in [2.05, 4.69) is 34.4 Å². The number of halogens is 1. The molecule has 8 heteroatoms. The van der Waals surface area contributed by atoms with Crippen LogP contribution in [0.4, 0.5) is 0 Å². The molecule has 1 saturated carbocycles. The molecule has 7 nitrogen and oxygen atoms in total. The number of morpholine rings is 1. The van der Waals surface area contributed by atoms with Crippen molar-refractivity contribution in [2.45, 2.75) is 65.3 Å². The van der Waals surface area contributed by atoms with Gasteiger partial charge in [0.05, 0.1) is 18.9 Å². The monoisotopic (exact) mass is 546 g/mol. The Balaban J connectivity index is 0.00000341. The minimum absolute atomic E-state index is 0. The number of nitrogens with zero attached hydrogens (tertiary/aromatic N) is 4. The summed E-state index contributed by atoms with van der Waals surface area (Å²) in [7, 11) is 3.92. The van der Waals surface area contributed by atoms with E-state index < -0.39 is 0 Å². The van der Waals surface area contributed by atoms with Gasteiger partial charge in [-0.3, -0.25) is 14.6 Å². The van der Waals surface area contributed by atoms with Crippen molar-refractivity contribution in [1.82, 2.24) is 25.3 Å².